The average Bonchev–Trinajstić information content (AvgIpc) is 3.50. The van der Waals surface area contributed by atoms with Crippen molar-refractivity contribution in [3.8, 4) is 0 Å². The molecule has 8 heteroatoms. The monoisotopic (exact) mass is 668 g/mol. The maximum absolute atomic E-state index is 10.7. The van der Waals surface area contributed by atoms with Crippen LogP contribution in [0.25, 0.3) is 0 Å². The molecule has 0 spiro atoms. The Kier molecular flexibility index (Phi) is 21.2. The van der Waals surface area contributed by atoms with Gasteiger partial charge >= 0.3 is 50.1 Å². The van der Waals surface area contributed by atoms with Gasteiger partial charge in [0.05, 0.1) is 0 Å². The van der Waals surface area contributed by atoms with Crippen LogP contribution in [-0.4, -0.2) is 0 Å². The molecule has 0 nitrogen and oxygen atoms in total. The quantitative estimate of drug-likeness (QED) is 0.0632. The van der Waals surface area contributed by atoms with Crippen LogP contribution >= 0.6 is 7.81 Å². The number of hydrogen-bond donors (Lipinski definition) is 0. The summed E-state index contributed by atoms with van der Waals surface area (Å²) in [7, 11) is -10.7. The second kappa shape index (κ2) is 21.0. The van der Waals surface area contributed by atoms with Crippen molar-refractivity contribution in [3.63, 3.8) is 0 Å². The number of hydrogen-bond acceptors (Lipinski definition) is 0. The molecule has 0 atom stereocenters. The molecule has 1 aliphatic carbocycles. The van der Waals surface area contributed by atoms with Gasteiger partial charge < -0.3 is 0 Å². The molecule has 1 aliphatic rings. The van der Waals surface area contributed by atoms with E-state index in [-0.39, 0.29) is 17.1 Å². The zero-order valence-electron chi connectivity index (χ0n) is 25.1. The van der Waals surface area contributed by atoms with Crippen molar-refractivity contribution >= 4 is 7.81 Å². The van der Waals surface area contributed by atoms with Crippen LogP contribution in [0, 0.1) is 32.1 Å². The first kappa shape index (κ1) is 43.3. The fraction of sp³-hybridized carbons (Fsp3) is 0.343. The van der Waals surface area contributed by atoms with Gasteiger partial charge in [-0.2, -0.15) is 0 Å². The predicted octanol–water partition coefficient (Wildman–Crippen LogP) is 12.8. The summed E-state index contributed by atoms with van der Waals surface area (Å²) < 4.78 is 59.2. The smallest absolute Gasteiger partial charge is 0.0312 e. The molecule has 1 aromatic carbocycles. The molecule has 241 valence electrons. The van der Waals surface area contributed by atoms with Crippen LogP contribution in [0.2, 0.25) is 0 Å². The van der Waals surface area contributed by atoms with Gasteiger partial charge in [0.15, 0.2) is 0 Å². The van der Waals surface area contributed by atoms with Crippen molar-refractivity contribution in [1.29, 1.82) is 0 Å². The Hall–Kier alpha value is -1.81. The SMILES string of the molecule is C=CCCc1c(CCC=C)c(CCC=C)c(CCC=C)c(CCC=C)c1CCC=C.F[P-](F)(F)(F)(F)F.[CH]1[CH][CH][CH][CH]1.[Fe+2]. The molecule has 0 N–H and O–H groups in total. The van der Waals surface area contributed by atoms with Gasteiger partial charge in [0.25, 0.3) is 0 Å². The van der Waals surface area contributed by atoms with Crippen LogP contribution in [0.5, 0.6) is 0 Å². The minimum atomic E-state index is -10.7. The Morgan fingerprint density at radius 1 is 0.372 bits per heavy atom. The van der Waals surface area contributed by atoms with Crippen LogP contribution in [0.3, 0.4) is 0 Å². The first-order valence-corrected chi connectivity index (χ1v) is 16.2. The first-order valence-electron chi connectivity index (χ1n) is 14.2. The van der Waals surface area contributed by atoms with E-state index < -0.39 is 7.81 Å². The topological polar surface area (TPSA) is 0 Å². The van der Waals surface area contributed by atoms with Gasteiger partial charge in [0.1, 0.15) is 0 Å². The van der Waals surface area contributed by atoms with Crippen molar-refractivity contribution in [2.24, 2.45) is 0 Å². The fourth-order valence-electron chi connectivity index (χ4n) is 4.70. The third kappa shape index (κ3) is 22.4. The van der Waals surface area contributed by atoms with E-state index in [9.17, 15) is 25.2 Å². The molecule has 0 unspecified atom stereocenters. The number of benzene rings is 1. The zero-order valence-corrected chi connectivity index (χ0v) is 27.1. The summed E-state index contributed by atoms with van der Waals surface area (Å²) in [6, 6.07) is 0. The molecule has 0 aliphatic heterocycles. The summed E-state index contributed by atoms with van der Waals surface area (Å²) in [5.41, 5.74) is 9.33. The van der Waals surface area contributed by atoms with Crippen molar-refractivity contribution in [2.45, 2.75) is 77.0 Å². The van der Waals surface area contributed by atoms with Crippen molar-refractivity contribution in [1.82, 2.24) is 0 Å². The second-order valence-electron chi connectivity index (χ2n) is 9.76. The van der Waals surface area contributed by atoms with Crippen molar-refractivity contribution < 1.29 is 42.3 Å². The van der Waals surface area contributed by atoms with E-state index in [1.165, 1.54) is 0 Å². The van der Waals surface area contributed by atoms with Crippen LogP contribution in [0.15, 0.2) is 75.9 Å². The van der Waals surface area contributed by atoms with E-state index in [2.05, 4.69) is 39.5 Å². The summed E-state index contributed by atoms with van der Waals surface area (Å²) in [6.07, 6.45) is 34.7. The molecular weight excluding hydrogens is 621 g/mol. The van der Waals surface area contributed by atoms with Crippen molar-refractivity contribution in [3.05, 3.63) is 141 Å². The summed E-state index contributed by atoms with van der Waals surface area (Å²) in [4.78, 5) is 0. The normalized spacial score (nSPS) is 13.8. The molecule has 0 heterocycles. The average molecular weight is 669 g/mol. The van der Waals surface area contributed by atoms with E-state index in [1.54, 1.807) is 33.4 Å². The predicted molar refractivity (Wildman–Crippen MR) is 173 cm³/mol. The van der Waals surface area contributed by atoms with Gasteiger partial charge in [0, 0.05) is 0 Å². The Balaban J connectivity index is 0. The Labute approximate surface area is 267 Å². The molecule has 0 saturated heterocycles. The van der Waals surface area contributed by atoms with Gasteiger partial charge in [-0.05, 0) is 143 Å². The molecule has 2 rings (SSSR count). The molecule has 0 bridgehead atoms. The fourth-order valence-corrected chi connectivity index (χ4v) is 4.70. The summed E-state index contributed by atoms with van der Waals surface area (Å²) >= 11 is 0. The molecule has 1 saturated carbocycles. The van der Waals surface area contributed by atoms with E-state index in [0.717, 1.165) is 77.0 Å². The number of rotatable bonds is 18. The minimum Gasteiger partial charge on any atom is -0.0312 e. The Morgan fingerprint density at radius 3 is 0.581 bits per heavy atom. The van der Waals surface area contributed by atoms with Gasteiger partial charge in [-0.25, -0.2) is 0 Å². The Bertz CT molecular complexity index is 820. The third-order valence-corrected chi connectivity index (χ3v) is 6.33. The molecule has 0 aromatic heterocycles. The molecule has 43 heavy (non-hydrogen) atoms. The molecule has 1 aromatic rings. The molecule has 0 amide bonds. The molecule has 5 radical (unpaired) electrons. The van der Waals surface area contributed by atoms with Crippen molar-refractivity contribution in [2.75, 3.05) is 0 Å². The maximum atomic E-state index is 9.87. The second-order valence-corrected chi connectivity index (χ2v) is 11.7. The van der Waals surface area contributed by atoms with Gasteiger partial charge in [-0.15, -0.1) is 39.5 Å². The largest absolute Gasteiger partial charge is 2.00 e. The zero-order chi connectivity index (χ0) is 32.1. The molecular formula is C35H47F6FeP+. The van der Waals surface area contributed by atoms with Crippen LogP contribution < -0.4 is 0 Å². The van der Waals surface area contributed by atoms with Crippen LogP contribution in [0.1, 0.15) is 71.9 Å². The van der Waals surface area contributed by atoms with Gasteiger partial charge in [-0.3, -0.25) is 0 Å². The van der Waals surface area contributed by atoms with E-state index in [1.807, 2.05) is 68.6 Å². The third-order valence-electron chi connectivity index (χ3n) is 6.33. The maximum Gasteiger partial charge on any atom is 2.00 e. The van der Waals surface area contributed by atoms with Crippen LogP contribution in [0.4, 0.5) is 25.2 Å². The summed E-state index contributed by atoms with van der Waals surface area (Å²) in [5.74, 6) is 0. The summed E-state index contributed by atoms with van der Waals surface area (Å²) in [6.45, 7) is 23.9. The van der Waals surface area contributed by atoms with Crippen LogP contribution in [-0.2, 0) is 55.6 Å². The van der Waals surface area contributed by atoms with E-state index in [0.29, 0.717) is 0 Å². The van der Waals surface area contributed by atoms with E-state index >= 15 is 0 Å². The number of halogens is 6. The molecule has 1 fully saturated rings. The van der Waals surface area contributed by atoms with E-state index in [4.69, 9.17) is 0 Å². The number of allylic oxidation sites excluding steroid dienone is 6. The van der Waals surface area contributed by atoms with Gasteiger partial charge in [0.2, 0.25) is 0 Å². The first-order chi connectivity index (χ1) is 19.6. The summed E-state index contributed by atoms with van der Waals surface area (Å²) in [5, 5.41) is 0. The van der Waals surface area contributed by atoms with Gasteiger partial charge in [-0.1, -0.05) is 36.5 Å². The Morgan fingerprint density at radius 2 is 0.488 bits per heavy atom. The standard InChI is InChI=1S/C30H42.C5H5.F6P.Fe/c1-7-13-19-25-26(20-14-8-2)28(22-16-10-4)30(24-18-12-6)29(23-17-11-5)27(25)21-15-9-3;1-2-4-5-3-1;1-7(2,3,4,5)6;/h7-12H,1-6,13-24H2;1-5H;;/q;;-1;+2. The minimum absolute atomic E-state index is 0.